The largest absolute Gasteiger partial charge is 0.508 e. The minimum Gasteiger partial charge on any atom is -0.508 e. The summed E-state index contributed by atoms with van der Waals surface area (Å²) in [4.78, 5) is 4.49. The maximum atomic E-state index is 10.1. The molecule has 0 radical (unpaired) electrons. The van der Waals surface area contributed by atoms with Crippen LogP contribution in [0.3, 0.4) is 0 Å². The third-order valence-electron chi connectivity index (χ3n) is 4.07. The summed E-state index contributed by atoms with van der Waals surface area (Å²) in [6.07, 6.45) is 3.18. The number of hydrogen-bond donors (Lipinski definition) is 3. The van der Waals surface area contributed by atoms with Crippen LogP contribution in [0.25, 0.3) is 0 Å². The number of hydrogen-bond acceptors (Lipinski definition) is 4. The summed E-state index contributed by atoms with van der Waals surface area (Å²) in [6.45, 7) is 2.02. The van der Waals surface area contributed by atoms with Gasteiger partial charge in [0.1, 0.15) is 5.75 Å². The highest BCUT2D eigenvalue weighted by Gasteiger charge is 2.28. The van der Waals surface area contributed by atoms with Crippen molar-refractivity contribution in [1.29, 1.82) is 0 Å². The summed E-state index contributed by atoms with van der Waals surface area (Å²) in [5.74, 6) is 0.297. The Hall–Kier alpha value is -2.60. The average Bonchev–Trinajstić information content (AvgIpc) is 2.53. The van der Waals surface area contributed by atoms with E-state index in [4.69, 9.17) is 11.5 Å². The highest BCUT2D eigenvalue weighted by Crippen LogP contribution is 2.37. The fourth-order valence-corrected chi connectivity index (χ4v) is 3.07. The maximum Gasteiger partial charge on any atom is 0.211 e. The molecule has 1 aromatic heterocycles. The van der Waals surface area contributed by atoms with Crippen LogP contribution in [0, 0.1) is 6.92 Å². The first-order valence-corrected chi connectivity index (χ1v) is 7.44. The van der Waals surface area contributed by atoms with Gasteiger partial charge in [0.25, 0.3) is 0 Å². The molecule has 2 aromatic rings. The molecule has 1 aromatic carbocycles. The molecule has 126 valence electrons. The Morgan fingerprint density at radius 1 is 1.21 bits per heavy atom. The number of aromatic nitrogens is 1. The zero-order chi connectivity index (χ0) is 16.4. The average molecular weight is 346 g/mol. The monoisotopic (exact) mass is 345 g/mol. The number of pyridine rings is 1. The van der Waals surface area contributed by atoms with Gasteiger partial charge in [0.05, 0.1) is 11.4 Å². The van der Waals surface area contributed by atoms with Gasteiger partial charge < -0.3 is 16.6 Å². The summed E-state index contributed by atoms with van der Waals surface area (Å²) in [5, 5.41) is 18.2. The van der Waals surface area contributed by atoms with Crippen LogP contribution in [-0.4, -0.2) is 21.8 Å². The lowest BCUT2D eigenvalue weighted by Gasteiger charge is -2.26. The van der Waals surface area contributed by atoms with Gasteiger partial charge in [0.2, 0.25) is 5.96 Å². The number of nitrogens with two attached hydrogens (primary N) is 2. The molecule has 0 aliphatic heterocycles. The molecular weight excluding hydrogens is 326 g/mol. The first-order chi connectivity index (χ1) is 11.1. The van der Waals surface area contributed by atoms with E-state index in [2.05, 4.69) is 15.2 Å². The molecule has 0 amide bonds. The Bertz CT molecular complexity index is 799. The number of nitrogens with zero attached hydrogens (tertiary/aromatic N) is 3. The van der Waals surface area contributed by atoms with Crippen molar-refractivity contribution >= 4 is 24.1 Å². The van der Waals surface area contributed by atoms with Crippen molar-refractivity contribution in [3.63, 3.8) is 0 Å². The summed E-state index contributed by atoms with van der Waals surface area (Å²) >= 11 is 0. The Morgan fingerprint density at radius 2 is 1.96 bits per heavy atom. The molecule has 1 heterocycles. The van der Waals surface area contributed by atoms with E-state index < -0.39 is 0 Å². The van der Waals surface area contributed by atoms with Crippen LogP contribution in [0.5, 0.6) is 5.75 Å². The maximum absolute atomic E-state index is 10.1. The van der Waals surface area contributed by atoms with Gasteiger partial charge in [-0.05, 0) is 48.9 Å². The number of para-hydroxylation sites is 1. The number of phenols is 1. The Balaban J connectivity index is 0.00000208. The molecule has 1 atom stereocenters. The van der Waals surface area contributed by atoms with Crippen LogP contribution >= 0.6 is 12.4 Å². The zero-order valence-electron chi connectivity index (χ0n) is 13.3. The van der Waals surface area contributed by atoms with Gasteiger partial charge >= 0.3 is 0 Å². The van der Waals surface area contributed by atoms with E-state index in [-0.39, 0.29) is 30.0 Å². The SMILES string of the molecule is Cc1ccnc2c1/C(=N\N=C(N)N)CC(c1ccccc1O)C2.Cl. The van der Waals surface area contributed by atoms with Gasteiger partial charge in [-0.1, -0.05) is 18.2 Å². The summed E-state index contributed by atoms with van der Waals surface area (Å²) < 4.78 is 0. The van der Waals surface area contributed by atoms with Crippen LogP contribution in [0.1, 0.15) is 34.7 Å². The second-order valence-electron chi connectivity index (χ2n) is 5.69. The molecule has 0 saturated heterocycles. The van der Waals surface area contributed by atoms with E-state index >= 15 is 0 Å². The van der Waals surface area contributed by atoms with Crippen molar-refractivity contribution in [1.82, 2.24) is 4.98 Å². The van der Waals surface area contributed by atoms with Crippen molar-refractivity contribution in [2.75, 3.05) is 0 Å². The molecule has 7 heteroatoms. The number of fused-ring (bicyclic) bond motifs is 1. The molecule has 6 nitrogen and oxygen atoms in total. The first kappa shape index (κ1) is 17.7. The van der Waals surface area contributed by atoms with Crippen molar-refractivity contribution in [3.8, 4) is 5.75 Å². The number of guanidine groups is 1. The van der Waals surface area contributed by atoms with Gasteiger partial charge in [-0.3, -0.25) is 4.98 Å². The van der Waals surface area contributed by atoms with Crippen molar-refractivity contribution < 1.29 is 5.11 Å². The fourth-order valence-electron chi connectivity index (χ4n) is 3.07. The molecule has 24 heavy (non-hydrogen) atoms. The van der Waals surface area contributed by atoms with E-state index in [1.807, 2.05) is 31.2 Å². The molecule has 3 rings (SSSR count). The van der Waals surface area contributed by atoms with E-state index in [1.54, 1.807) is 12.3 Å². The van der Waals surface area contributed by atoms with E-state index in [1.165, 1.54) is 0 Å². The number of rotatable bonds is 2. The van der Waals surface area contributed by atoms with E-state index in [0.29, 0.717) is 6.42 Å². The topological polar surface area (TPSA) is 110 Å². The molecule has 1 aliphatic carbocycles. The number of benzene rings is 1. The van der Waals surface area contributed by atoms with Crippen LogP contribution in [0.15, 0.2) is 46.7 Å². The van der Waals surface area contributed by atoms with Crippen LogP contribution in [0.4, 0.5) is 0 Å². The molecule has 0 bridgehead atoms. The minimum absolute atomic E-state index is 0. The number of phenolic OH excluding ortho intramolecular Hbond substituents is 1. The third kappa shape index (κ3) is 3.49. The Labute approximate surface area is 146 Å². The van der Waals surface area contributed by atoms with E-state index in [0.717, 1.165) is 34.5 Å². The summed E-state index contributed by atoms with van der Waals surface area (Å²) in [5.41, 5.74) is 15.5. The second kappa shape index (κ2) is 7.31. The van der Waals surface area contributed by atoms with Crippen LogP contribution < -0.4 is 11.5 Å². The Morgan fingerprint density at radius 3 is 2.67 bits per heavy atom. The molecule has 5 N–H and O–H groups in total. The molecular formula is C17H20ClN5O. The number of halogens is 1. The molecule has 0 saturated carbocycles. The highest BCUT2D eigenvalue weighted by atomic mass is 35.5. The zero-order valence-corrected chi connectivity index (χ0v) is 14.1. The quantitative estimate of drug-likeness (QED) is 0.440. The van der Waals surface area contributed by atoms with E-state index in [9.17, 15) is 5.11 Å². The predicted octanol–water partition coefficient (Wildman–Crippen LogP) is 2.22. The normalized spacial score (nSPS) is 17.7. The van der Waals surface area contributed by atoms with Gasteiger partial charge in [-0.2, -0.15) is 5.10 Å². The molecule has 1 aliphatic rings. The van der Waals surface area contributed by atoms with Crippen LogP contribution in [0.2, 0.25) is 0 Å². The predicted molar refractivity (Wildman–Crippen MR) is 97.7 cm³/mol. The number of aryl methyl sites for hydroxylation is 1. The van der Waals surface area contributed by atoms with Gasteiger partial charge in [-0.25, -0.2) is 0 Å². The minimum atomic E-state index is -0.0784. The molecule has 0 spiro atoms. The van der Waals surface area contributed by atoms with Crippen molar-refractivity contribution in [2.24, 2.45) is 21.7 Å². The second-order valence-corrected chi connectivity index (χ2v) is 5.69. The lowest BCUT2D eigenvalue weighted by Crippen LogP contribution is -2.24. The lowest BCUT2D eigenvalue weighted by atomic mass is 9.79. The summed E-state index contributed by atoms with van der Waals surface area (Å²) in [6, 6.07) is 9.30. The van der Waals surface area contributed by atoms with Crippen molar-refractivity contribution in [2.45, 2.75) is 25.7 Å². The van der Waals surface area contributed by atoms with Crippen molar-refractivity contribution in [3.05, 3.63) is 58.9 Å². The standard InChI is InChI=1S/C17H19N5O.ClH/c1-10-6-7-20-13-8-11(12-4-2-3-5-15(12)23)9-14(16(10)13)21-22-17(18)19;/h2-7,11,23H,8-9H2,1H3,(H4,18,19,22);1H/b21-14-;. The summed E-state index contributed by atoms with van der Waals surface area (Å²) in [7, 11) is 0. The highest BCUT2D eigenvalue weighted by molar-refractivity contribution is 6.04. The molecule has 1 unspecified atom stereocenters. The smallest absolute Gasteiger partial charge is 0.211 e. The first-order valence-electron chi connectivity index (χ1n) is 7.44. The van der Waals surface area contributed by atoms with Gasteiger partial charge in [0.15, 0.2) is 0 Å². The Kier molecular flexibility index (Phi) is 5.41. The fraction of sp³-hybridized carbons (Fsp3) is 0.235. The van der Waals surface area contributed by atoms with Gasteiger partial charge in [0, 0.05) is 11.8 Å². The third-order valence-corrected chi connectivity index (χ3v) is 4.07. The lowest BCUT2D eigenvalue weighted by molar-refractivity contribution is 0.460. The number of aromatic hydroxyl groups is 1. The van der Waals surface area contributed by atoms with Gasteiger partial charge in [-0.15, -0.1) is 17.5 Å². The molecule has 0 fully saturated rings. The van der Waals surface area contributed by atoms with Crippen LogP contribution in [-0.2, 0) is 6.42 Å².